The maximum atomic E-state index is 11.4. The van der Waals surface area contributed by atoms with Gasteiger partial charge < -0.3 is 9.47 Å². The summed E-state index contributed by atoms with van der Waals surface area (Å²) in [7, 11) is 1.72. The summed E-state index contributed by atoms with van der Waals surface area (Å²) in [6.45, 7) is 3.12. The van der Waals surface area contributed by atoms with Gasteiger partial charge in [0.25, 0.3) is 5.91 Å². The number of methoxy groups -OCH3 is 1. The second kappa shape index (κ2) is 7.97. The summed E-state index contributed by atoms with van der Waals surface area (Å²) in [6.07, 6.45) is 2.52. The van der Waals surface area contributed by atoms with Gasteiger partial charge in [-0.3, -0.25) is 15.1 Å². The number of amides is 1. The van der Waals surface area contributed by atoms with E-state index in [9.17, 15) is 4.79 Å². The van der Waals surface area contributed by atoms with Crippen LogP contribution >= 0.6 is 0 Å². The van der Waals surface area contributed by atoms with Gasteiger partial charge in [-0.05, 0) is 31.0 Å². The molecule has 1 aliphatic carbocycles. The molecule has 21 heavy (non-hydrogen) atoms. The summed E-state index contributed by atoms with van der Waals surface area (Å²) >= 11 is 0. The van der Waals surface area contributed by atoms with E-state index >= 15 is 0 Å². The zero-order valence-corrected chi connectivity index (χ0v) is 12.4. The first-order valence-electron chi connectivity index (χ1n) is 7.21. The Labute approximate surface area is 125 Å². The zero-order valence-electron chi connectivity index (χ0n) is 12.4. The lowest BCUT2D eigenvalue weighted by Gasteiger charge is -2.21. The van der Waals surface area contributed by atoms with Gasteiger partial charge in [0.1, 0.15) is 12.4 Å². The van der Waals surface area contributed by atoms with Crippen molar-refractivity contribution in [3.8, 4) is 5.75 Å². The molecule has 116 valence electrons. The average Bonchev–Trinajstić information content (AvgIpc) is 3.35. The van der Waals surface area contributed by atoms with Gasteiger partial charge in [0, 0.05) is 31.8 Å². The predicted octanol–water partition coefficient (Wildman–Crippen LogP) is 0.780. The fourth-order valence-corrected chi connectivity index (χ4v) is 2.22. The van der Waals surface area contributed by atoms with Crippen molar-refractivity contribution in [1.29, 1.82) is 0 Å². The fraction of sp³-hybridized carbons (Fsp3) is 0.533. The molecule has 0 aromatic heterocycles. The number of nitrogens with one attached hydrogen (secondary N) is 1. The number of nitrogens with zero attached hydrogens (tertiary/aromatic N) is 1. The number of nitrogen functional groups attached to an aromatic ring is 1. The SMILES string of the molecule is COCCN(CCOc1cccc(C(=O)NN)c1)C1CC1. The van der Waals surface area contributed by atoms with Crippen LogP contribution in [-0.4, -0.2) is 50.3 Å². The van der Waals surface area contributed by atoms with Gasteiger partial charge >= 0.3 is 0 Å². The van der Waals surface area contributed by atoms with Crippen LogP contribution < -0.4 is 16.0 Å². The van der Waals surface area contributed by atoms with E-state index in [2.05, 4.69) is 10.3 Å². The second-order valence-electron chi connectivity index (χ2n) is 5.11. The van der Waals surface area contributed by atoms with Crippen molar-refractivity contribution in [1.82, 2.24) is 10.3 Å². The highest BCUT2D eigenvalue weighted by Crippen LogP contribution is 2.26. The largest absolute Gasteiger partial charge is 0.492 e. The molecule has 1 fully saturated rings. The van der Waals surface area contributed by atoms with Gasteiger partial charge in [0.05, 0.1) is 6.61 Å². The molecule has 0 unspecified atom stereocenters. The summed E-state index contributed by atoms with van der Waals surface area (Å²) in [6, 6.07) is 7.69. The molecule has 0 atom stereocenters. The third-order valence-electron chi connectivity index (χ3n) is 3.52. The van der Waals surface area contributed by atoms with Crippen LogP contribution in [0.4, 0.5) is 0 Å². The lowest BCUT2D eigenvalue weighted by Crippen LogP contribution is -2.33. The number of hydrazine groups is 1. The molecule has 3 N–H and O–H groups in total. The zero-order chi connectivity index (χ0) is 15.1. The average molecular weight is 293 g/mol. The Hall–Kier alpha value is -1.63. The van der Waals surface area contributed by atoms with E-state index in [0.717, 1.165) is 19.7 Å². The molecule has 1 aliphatic rings. The Morgan fingerprint density at radius 2 is 2.14 bits per heavy atom. The minimum Gasteiger partial charge on any atom is -0.492 e. The number of benzene rings is 1. The molecule has 0 bridgehead atoms. The van der Waals surface area contributed by atoms with Crippen molar-refractivity contribution in [3.05, 3.63) is 29.8 Å². The number of carbonyl (C=O) groups is 1. The maximum absolute atomic E-state index is 11.4. The third kappa shape index (κ3) is 5.00. The van der Waals surface area contributed by atoms with E-state index in [-0.39, 0.29) is 5.91 Å². The standard InChI is InChI=1S/C15H23N3O3/c1-20-9-7-18(13-5-6-13)8-10-21-14-4-2-3-12(11-14)15(19)17-16/h2-4,11,13H,5-10,16H2,1H3,(H,17,19). The lowest BCUT2D eigenvalue weighted by molar-refractivity contribution is 0.0953. The second-order valence-corrected chi connectivity index (χ2v) is 5.11. The van der Waals surface area contributed by atoms with Crippen molar-refractivity contribution in [3.63, 3.8) is 0 Å². The monoisotopic (exact) mass is 293 g/mol. The molecule has 0 saturated heterocycles. The molecule has 6 nitrogen and oxygen atoms in total. The Morgan fingerprint density at radius 3 is 2.81 bits per heavy atom. The summed E-state index contributed by atoms with van der Waals surface area (Å²) in [4.78, 5) is 13.8. The quantitative estimate of drug-likeness (QED) is 0.400. The first-order chi connectivity index (χ1) is 10.2. The van der Waals surface area contributed by atoms with Crippen molar-refractivity contribution >= 4 is 5.91 Å². The maximum Gasteiger partial charge on any atom is 0.265 e. The van der Waals surface area contributed by atoms with Crippen molar-refractivity contribution in [2.45, 2.75) is 18.9 Å². The molecule has 6 heteroatoms. The Morgan fingerprint density at radius 1 is 1.38 bits per heavy atom. The molecular weight excluding hydrogens is 270 g/mol. The Bertz CT molecular complexity index is 463. The molecular formula is C15H23N3O3. The number of hydrogen-bond donors (Lipinski definition) is 2. The van der Waals surface area contributed by atoms with Gasteiger partial charge in [-0.15, -0.1) is 0 Å². The van der Waals surface area contributed by atoms with Crippen molar-refractivity contribution in [2.75, 3.05) is 33.4 Å². The summed E-state index contributed by atoms with van der Waals surface area (Å²) in [5.74, 6) is 5.48. The molecule has 1 aromatic rings. The molecule has 0 heterocycles. The summed E-state index contributed by atoms with van der Waals surface area (Å²) in [5.41, 5.74) is 2.61. The topological polar surface area (TPSA) is 76.8 Å². The number of ether oxygens (including phenoxy) is 2. The molecule has 0 spiro atoms. The highest BCUT2D eigenvalue weighted by atomic mass is 16.5. The highest BCUT2D eigenvalue weighted by molar-refractivity contribution is 5.94. The number of hydrogen-bond acceptors (Lipinski definition) is 5. The Balaban J connectivity index is 1.80. The smallest absolute Gasteiger partial charge is 0.265 e. The van der Waals surface area contributed by atoms with Crippen LogP contribution in [0.1, 0.15) is 23.2 Å². The molecule has 1 saturated carbocycles. The number of rotatable bonds is 9. The molecule has 0 aliphatic heterocycles. The van der Waals surface area contributed by atoms with E-state index < -0.39 is 0 Å². The van der Waals surface area contributed by atoms with Crippen LogP contribution in [0.5, 0.6) is 5.75 Å². The van der Waals surface area contributed by atoms with Crippen LogP contribution in [0.15, 0.2) is 24.3 Å². The van der Waals surface area contributed by atoms with E-state index in [1.165, 1.54) is 12.8 Å². The van der Waals surface area contributed by atoms with Crippen LogP contribution in [0.25, 0.3) is 0 Å². The molecule has 2 rings (SSSR count). The fourth-order valence-electron chi connectivity index (χ4n) is 2.22. The number of nitrogens with two attached hydrogens (primary N) is 1. The van der Waals surface area contributed by atoms with Gasteiger partial charge in [0.15, 0.2) is 0 Å². The first-order valence-corrected chi connectivity index (χ1v) is 7.21. The van der Waals surface area contributed by atoms with Crippen LogP contribution in [0, 0.1) is 0 Å². The van der Waals surface area contributed by atoms with Gasteiger partial charge in [-0.1, -0.05) is 6.07 Å². The van der Waals surface area contributed by atoms with Gasteiger partial charge in [-0.25, -0.2) is 5.84 Å². The molecule has 1 aromatic carbocycles. The third-order valence-corrected chi connectivity index (χ3v) is 3.52. The normalized spacial score (nSPS) is 14.2. The molecule has 0 radical (unpaired) electrons. The minimum atomic E-state index is -0.319. The summed E-state index contributed by atoms with van der Waals surface area (Å²) in [5, 5.41) is 0. The van der Waals surface area contributed by atoms with E-state index in [0.29, 0.717) is 24.0 Å². The minimum absolute atomic E-state index is 0.319. The van der Waals surface area contributed by atoms with Gasteiger partial charge in [0.2, 0.25) is 0 Å². The van der Waals surface area contributed by atoms with Crippen LogP contribution in [0.2, 0.25) is 0 Å². The van der Waals surface area contributed by atoms with Gasteiger partial charge in [-0.2, -0.15) is 0 Å². The van der Waals surface area contributed by atoms with Crippen molar-refractivity contribution in [2.24, 2.45) is 5.84 Å². The van der Waals surface area contributed by atoms with Crippen LogP contribution in [-0.2, 0) is 4.74 Å². The highest BCUT2D eigenvalue weighted by Gasteiger charge is 2.28. The Kier molecular flexibility index (Phi) is 5.98. The molecule has 1 amide bonds. The van der Waals surface area contributed by atoms with Crippen molar-refractivity contribution < 1.29 is 14.3 Å². The number of carbonyl (C=O) groups excluding carboxylic acids is 1. The van der Waals surface area contributed by atoms with E-state index in [1.807, 2.05) is 6.07 Å². The predicted molar refractivity (Wildman–Crippen MR) is 80.1 cm³/mol. The van der Waals surface area contributed by atoms with E-state index in [1.54, 1.807) is 25.3 Å². The lowest BCUT2D eigenvalue weighted by atomic mass is 10.2. The first kappa shape index (κ1) is 15.8. The summed E-state index contributed by atoms with van der Waals surface area (Å²) < 4.78 is 10.9. The van der Waals surface area contributed by atoms with E-state index in [4.69, 9.17) is 15.3 Å². The van der Waals surface area contributed by atoms with Crippen LogP contribution in [0.3, 0.4) is 0 Å².